The van der Waals surface area contributed by atoms with E-state index in [0.717, 1.165) is 0 Å². The number of halogens is 1. The van der Waals surface area contributed by atoms with Crippen molar-refractivity contribution < 1.29 is 13.6 Å². The summed E-state index contributed by atoms with van der Waals surface area (Å²) in [6.07, 6.45) is 0. The SMILES string of the molecule is O=C(Cl)c1ccc(S(=O)[O-])cc1. The van der Waals surface area contributed by atoms with Crippen molar-refractivity contribution in [1.82, 2.24) is 0 Å². The Bertz CT molecular complexity index is 287. The maximum absolute atomic E-state index is 10.5. The lowest BCUT2D eigenvalue weighted by Gasteiger charge is -2.03. The van der Waals surface area contributed by atoms with Crippen LogP contribution in [0.1, 0.15) is 10.4 Å². The van der Waals surface area contributed by atoms with Gasteiger partial charge in [0.25, 0.3) is 5.24 Å². The Hall–Kier alpha value is -0.710. The fourth-order valence-electron chi connectivity index (χ4n) is 0.697. The normalized spacial score (nSPS) is 12.5. The van der Waals surface area contributed by atoms with E-state index in [-0.39, 0.29) is 10.5 Å². The second-order valence-corrected chi connectivity index (χ2v) is 3.32. The third-order valence-electron chi connectivity index (χ3n) is 1.27. The molecule has 12 heavy (non-hydrogen) atoms. The number of rotatable bonds is 2. The first-order valence-corrected chi connectivity index (χ1v) is 4.45. The van der Waals surface area contributed by atoms with E-state index in [4.69, 9.17) is 11.6 Å². The summed E-state index contributed by atoms with van der Waals surface area (Å²) in [7, 11) is 0. The van der Waals surface area contributed by atoms with E-state index in [9.17, 15) is 13.6 Å². The van der Waals surface area contributed by atoms with Gasteiger partial charge < -0.3 is 4.55 Å². The first kappa shape index (κ1) is 9.38. The highest BCUT2D eigenvalue weighted by molar-refractivity contribution is 7.79. The van der Waals surface area contributed by atoms with Crippen LogP contribution < -0.4 is 0 Å². The van der Waals surface area contributed by atoms with Crippen LogP contribution in [-0.4, -0.2) is 14.0 Å². The van der Waals surface area contributed by atoms with Crippen molar-refractivity contribution in [3.05, 3.63) is 29.8 Å². The van der Waals surface area contributed by atoms with Gasteiger partial charge in [0.2, 0.25) is 0 Å². The molecule has 0 saturated heterocycles. The molecule has 3 nitrogen and oxygen atoms in total. The van der Waals surface area contributed by atoms with Gasteiger partial charge in [0.05, 0.1) is 0 Å². The molecule has 0 fully saturated rings. The second kappa shape index (κ2) is 3.80. The molecule has 0 aliphatic carbocycles. The standard InChI is InChI=1S/C7H5ClO3S/c8-7(9)5-1-3-6(4-2-5)12(10)11/h1-4H,(H,10,11)/p-1. The number of benzene rings is 1. The number of carbonyl (C=O) groups is 1. The number of carbonyl (C=O) groups excluding carboxylic acids is 1. The molecule has 0 spiro atoms. The van der Waals surface area contributed by atoms with Crippen LogP contribution in [0.25, 0.3) is 0 Å². The summed E-state index contributed by atoms with van der Waals surface area (Å²) < 4.78 is 20.7. The van der Waals surface area contributed by atoms with Crippen molar-refractivity contribution >= 4 is 27.9 Å². The van der Waals surface area contributed by atoms with E-state index in [1.54, 1.807) is 0 Å². The van der Waals surface area contributed by atoms with Gasteiger partial charge in [0, 0.05) is 10.5 Å². The van der Waals surface area contributed by atoms with Gasteiger partial charge in [0.1, 0.15) is 0 Å². The smallest absolute Gasteiger partial charge is 0.252 e. The average molecular weight is 204 g/mol. The Morgan fingerprint density at radius 3 is 2.17 bits per heavy atom. The highest BCUT2D eigenvalue weighted by atomic mass is 35.5. The van der Waals surface area contributed by atoms with Crippen molar-refractivity contribution in [2.75, 3.05) is 0 Å². The molecule has 1 rings (SSSR count). The highest BCUT2D eigenvalue weighted by Crippen LogP contribution is 2.08. The van der Waals surface area contributed by atoms with Crippen LogP contribution in [0.4, 0.5) is 0 Å². The van der Waals surface area contributed by atoms with Crippen LogP contribution in [0, 0.1) is 0 Å². The largest absolute Gasteiger partial charge is 0.768 e. The van der Waals surface area contributed by atoms with Crippen molar-refractivity contribution in [3.8, 4) is 0 Å². The van der Waals surface area contributed by atoms with Gasteiger partial charge in [-0.1, -0.05) is 0 Å². The fraction of sp³-hybridized carbons (Fsp3) is 0. The fourth-order valence-corrected chi connectivity index (χ4v) is 1.18. The Labute approximate surface area is 76.6 Å². The molecule has 0 bridgehead atoms. The zero-order valence-electron chi connectivity index (χ0n) is 5.82. The van der Waals surface area contributed by atoms with E-state index < -0.39 is 16.3 Å². The van der Waals surface area contributed by atoms with Crippen LogP contribution in [0.5, 0.6) is 0 Å². The Morgan fingerprint density at radius 1 is 1.33 bits per heavy atom. The summed E-state index contributed by atoms with van der Waals surface area (Å²) in [5, 5.41) is -0.599. The highest BCUT2D eigenvalue weighted by Gasteiger charge is 2.00. The second-order valence-electron chi connectivity index (χ2n) is 2.03. The molecular formula is C7H4ClO3S-. The van der Waals surface area contributed by atoms with Gasteiger partial charge in [-0.25, -0.2) is 0 Å². The van der Waals surface area contributed by atoms with Gasteiger partial charge in [-0.15, -0.1) is 0 Å². The van der Waals surface area contributed by atoms with Gasteiger partial charge in [-0.05, 0) is 46.9 Å². The van der Waals surface area contributed by atoms with Crippen LogP contribution in [0.3, 0.4) is 0 Å². The van der Waals surface area contributed by atoms with E-state index in [1.807, 2.05) is 0 Å². The minimum atomic E-state index is -2.25. The van der Waals surface area contributed by atoms with E-state index in [1.165, 1.54) is 24.3 Å². The van der Waals surface area contributed by atoms with Gasteiger partial charge >= 0.3 is 0 Å². The molecule has 1 aromatic carbocycles. The number of hydrogen-bond acceptors (Lipinski definition) is 3. The first-order valence-electron chi connectivity index (χ1n) is 3.00. The third kappa shape index (κ3) is 2.14. The molecule has 1 unspecified atom stereocenters. The van der Waals surface area contributed by atoms with Gasteiger partial charge in [0.15, 0.2) is 0 Å². The molecule has 1 aromatic rings. The summed E-state index contributed by atoms with van der Waals surface area (Å²) in [5.74, 6) is 0. The van der Waals surface area contributed by atoms with Crippen molar-refractivity contribution in [2.24, 2.45) is 0 Å². The summed E-state index contributed by atoms with van der Waals surface area (Å²) >= 11 is 2.89. The first-order chi connectivity index (χ1) is 5.61. The Balaban J connectivity index is 3.01. The van der Waals surface area contributed by atoms with Crippen molar-refractivity contribution in [3.63, 3.8) is 0 Å². The van der Waals surface area contributed by atoms with Crippen LogP contribution in [0.2, 0.25) is 0 Å². The molecular weight excluding hydrogens is 200 g/mol. The van der Waals surface area contributed by atoms with Crippen molar-refractivity contribution in [1.29, 1.82) is 0 Å². The molecule has 1 atom stereocenters. The van der Waals surface area contributed by atoms with Crippen LogP contribution >= 0.6 is 11.6 Å². The molecule has 0 heterocycles. The van der Waals surface area contributed by atoms with E-state index >= 15 is 0 Å². The molecule has 0 aliphatic rings. The Kier molecular flexibility index (Phi) is 2.97. The lowest BCUT2D eigenvalue weighted by molar-refractivity contribution is 0.108. The number of hydrogen-bond donors (Lipinski definition) is 0. The lowest BCUT2D eigenvalue weighted by atomic mass is 10.2. The summed E-state index contributed by atoms with van der Waals surface area (Å²) in [6, 6.07) is 5.36. The quantitative estimate of drug-likeness (QED) is 0.538. The summed E-state index contributed by atoms with van der Waals surface area (Å²) in [5.41, 5.74) is 0.283. The van der Waals surface area contributed by atoms with Crippen molar-refractivity contribution in [2.45, 2.75) is 4.90 Å². The molecule has 0 N–H and O–H groups in total. The topological polar surface area (TPSA) is 57.2 Å². The molecule has 0 saturated carbocycles. The summed E-state index contributed by atoms with van der Waals surface area (Å²) in [6.45, 7) is 0. The van der Waals surface area contributed by atoms with Crippen LogP contribution in [-0.2, 0) is 11.1 Å². The third-order valence-corrected chi connectivity index (χ3v) is 2.15. The summed E-state index contributed by atoms with van der Waals surface area (Å²) in [4.78, 5) is 10.7. The van der Waals surface area contributed by atoms with E-state index in [0.29, 0.717) is 0 Å². The predicted molar refractivity (Wildman–Crippen MR) is 43.8 cm³/mol. The van der Waals surface area contributed by atoms with Gasteiger partial charge in [-0.2, -0.15) is 0 Å². The zero-order chi connectivity index (χ0) is 9.14. The maximum Gasteiger partial charge on any atom is 0.252 e. The maximum atomic E-state index is 10.5. The molecule has 0 aliphatic heterocycles. The molecule has 5 heteroatoms. The van der Waals surface area contributed by atoms with E-state index in [2.05, 4.69) is 0 Å². The zero-order valence-corrected chi connectivity index (χ0v) is 7.39. The van der Waals surface area contributed by atoms with Crippen LogP contribution in [0.15, 0.2) is 29.2 Å². The predicted octanol–water partition coefficient (Wildman–Crippen LogP) is 1.30. The molecule has 0 aromatic heterocycles. The average Bonchev–Trinajstić information content (AvgIpc) is 2.04. The molecule has 0 radical (unpaired) electrons. The minimum Gasteiger partial charge on any atom is -0.768 e. The lowest BCUT2D eigenvalue weighted by Crippen LogP contribution is -1.91. The van der Waals surface area contributed by atoms with Gasteiger partial charge in [-0.3, -0.25) is 9.00 Å². The molecule has 0 amide bonds. The monoisotopic (exact) mass is 203 g/mol. The minimum absolute atomic E-state index is 0.136. The Morgan fingerprint density at radius 2 is 1.83 bits per heavy atom. The molecule has 64 valence electrons.